The first-order valence-electron chi connectivity index (χ1n) is 8.88. The third-order valence-corrected chi connectivity index (χ3v) is 5.67. The van der Waals surface area contributed by atoms with Crippen LogP contribution in [0.2, 0.25) is 0 Å². The van der Waals surface area contributed by atoms with E-state index in [2.05, 4.69) is 37.0 Å². The summed E-state index contributed by atoms with van der Waals surface area (Å²) >= 11 is 0. The summed E-state index contributed by atoms with van der Waals surface area (Å²) in [5.74, 6) is 1.76. The first-order chi connectivity index (χ1) is 12.0. The van der Waals surface area contributed by atoms with Crippen molar-refractivity contribution in [1.82, 2.24) is 9.97 Å². The van der Waals surface area contributed by atoms with E-state index in [-0.39, 0.29) is 5.78 Å². The molecule has 132 valence electrons. The Morgan fingerprint density at radius 2 is 1.92 bits per heavy atom. The number of aromatic nitrogens is 2. The number of Topliss-reactive ketones (excluding diaryl/α,β-unsaturated/α-hetero) is 1. The number of fused-ring (bicyclic) bond motifs is 1. The average molecular weight is 338 g/mol. The summed E-state index contributed by atoms with van der Waals surface area (Å²) in [6, 6.07) is 6.29. The zero-order valence-corrected chi connectivity index (χ0v) is 15.5. The highest BCUT2D eigenvalue weighted by Gasteiger charge is 2.45. The van der Waals surface area contributed by atoms with Crippen molar-refractivity contribution in [3.63, 3.8) is 0 Å². The second-order valence-corrected chi connectivity index (χ2v) is 7.21. The molecule has 0 spiro atoms. The van der Waals surface area contributed by atoms with Gasteiger partial charge in [0, 0.05) is 31.3 Å². The fourth-order valence-corrected chi connectivity index (χ4v) is 3.87. The highest BCUT2D eigenvalue weighted by atomic mass is 16.2. The first kappa shape index (κ1) is 17.7. The largest absolute Gasteiger partial charge is 0.400 e. The van der Waals surface area contributed by atoms with Crippen LogP contribution in [0.25, 0.3) is 0 Å². The van der Waals surface area contributed by atoms with Crippen LogP contribution in [0.4, 0.5) is 0 Å². The van der Waals surface area contributed by atoms with E-state index in [9.17, 15) is 4.79 Å². The minimum absolute atomic E-state index is 0.233. The van der Waals surface area contributed by atoms with Gasteiger partial charge in [0.2, 0.25) is 0 Å². The summed E-state index contributed by atoms with van der Waals surface area (Å²) in [5, 5.41) is 7.00. The van der Waals surface area contributed by atoms with Crippen LogP contribution < -0.4 is 0 Å². The topological polar surface area (TPSA) is 63.1 Å². The molecule has 0 radical (unpaired) electrons. The molecule has 2 aromatic rings. The summed E-state index contributed by atoms with van der Waals surface area (Å²) in [7, 11) is 1.00. The molecule has 1 N–H and O–H groups in total. The molecule has 1 fully saturated rings. The average Bonchev–Trinajstić information content (AvgIpc) is 3.38. The lowest BCUT2D eigenvalue weighted by Gasteiger charge is -2.28. The maximum atomic E-state index is 12.7. The van der Waals surface area contributed by atoms with Crippen LogP contribution in [0.5, 0.6) is 0 Å². The second-order valence-electron chi connectivity index (χ2n) is 7.21. The van der Waals surface area contributed by atoms with Crippen LogP contribution in [-0.2, 0) is 23.1 Å². The molecule has 1 heterocycles. The lowest BCUT2D eigenvalue weighted by Crippen LogP contribution is -2.36. The van der Waals surface area contributed by atoms with E-state index in [4.69, 9.17) is 10.1 Å². The number of carbonyl (C=O) groups excluding carboxylic acids is 1. The molecule has 0 saturated heterocycles. The van der Waals surface area contributed by atoms with Crippen LogP contribution in [-0.4, -0.2) is 28.0 Å². The predicted molar refractivity (Wildman–Crippen MR) is 97.8 cm³/mol. The van der Waals surface area contributed by atoms with Crippen molar-refractivity contribution in [2.45, 2.75) is 57.8 Å². The molecule has 1 aromatic heterocycles. The fourth-order valence-electron chi connectivity index (χ4n) is 3.87. The van der Waals surface area contributed by atoms with Gasteiger partial charge < -0.3 is 5.11 Å². The second kappa shape index (κ2) is 6.68. The van der Waals surface area contributed by atoms with Crippen molar-refractivity contribution >= 4 is 5.78 Å². The Morgan fingerprint density at radius 3 is 2.56 bits per heavy atom. The molecule has 0 amide bonds. The van der Waals surface area contributed by atoms with Crippen molar-refractivity contribution in [2.24, 2.45) is 0 Å². The molecule has 2 aliphatic carbocycles. The fraction of sp³-hybridized carbons (Fsp3) is 0.476. The third-order valence-electron chi connectivity index (χ3n) is 5.67. The Bertz CT molecular complexity index is 812. The number of aryl methyl sites for hydroxylation is 1. The number of rotatable bonds is 3. The van der Waals surface area contributed by atoms with Gasteiger partial charge in [0.1, 0.15) is 11.6 Å². The number of carbonyl (C=O) groups is 1. The molecule has 2 aliphatic rings. The normalized spacial score (nSPS) is 21.3. The summed E-state index contributed by atoms with van der Waals surface area (Å²) in [5.41, 5.74) is 5.39. The van der Waals surface area contributed by atoms with E-state index in [1.165, 1.54) is 24.0 Å². The lowest BCUT2D eigenvalue weighted by atomic mass is 9.72. The van der Waals surface area contributed by atoms with Gasteiger partial charge in [-0.15, -0.1) is 0 Å². The first-order valence-corrected chi connectivity index (χ1v) is 8.88. The molecule has 1 aromatic carbocycles. The van der Waals surface area contributed by atoms with E-state index in [0.29, 0.717) is 12.3 Å². The Labute approximate surface area is 149 Å². The SMILES string of the molecule is CC(=O)[C@]1(c2cccc(C)c2C)Cc2cnc(C3CC3)nc2C1.CO. The van der Waals surface area contributed by atoms with E-state index in [1.54, 1.807) is 6.92 Å². The maximum absolute atomic E-state index is 12.7. The minimum atomic E-state index is -0.463. The number of aliphatic hydroxyl groups is 1. The predicted octanol–water partition coefficient (Wildman–Crippen LogP) is 3.20. The molecule has 0 aliphatic heterocycles. The van der Waals surface area contributed by atoms with Gasteiger partial charge in [-0.25, -0.2) is 9.97 Å². The summed E-state index contributed by atoms with van der Waals surface area (Å²) < 4.78 is 0. The van der Waals surface area contributed by atoms with Crippen molar-refractivity contribution in [3.8, 4) is 0 Å². The lowest BCUT2D eigenvalue weighted by molar-refractivity contribution is -0.122. The van der Waals surface area contributed by atoms with E-state index >= 15 is 0 Å². The molecule has 0 unspecified atom stereocenters. The van der Waals surface area contributed by atoms with E-state index in [0.717, 1.165) is 36.2 Å². The highest BCUT2D eigenvalue weighted by molar-refractivity contribution is 5.90. The van der Waals surface area contributed by atoms with Gasteiger partial charge in [-0.1, -0.05) is 18.2 Å². The standard InChI is InChI=1S/C20H22N2O.CH4O/c1-12-5-4-6-17(13(12)2)20(14(3)23)9-16-11-21-19(15-7-8-15)22-18(16)10-20;1-2/h4-6,11,15H,7-10H2,1-3H3;2H,1H3/t20-;/m0./s1. The van der Waals surface area contributed by atoms with Crippen LogP contribution in [0.15, 0.2) is 24.4 Å². The Balaban J connectivity index is 0.000000880. The zero-order valence-electron chi connectivity index (χ0n) is 15.5. The molecular weight excluding hydrogens is 312 g/mol. The smallest absolute Gasteiger partial charge is 0.141 e. The summed E-state index contributed by atoms with van der Waals surface area (Å²) in [6.07, 6.45) is 5.81. The molecule has 1 atom stereocenters. The Kier molecular flexibility index (Phi) is 4.74. The molecule has 0 bridgehead atoms. The van der Waals surface area contributed by atoms with Crippen LogP contribution >= 0.6 is 0 Å². The van der Waals surface area contributed by atoms with E-state index < -0.39 is 5.41 Å². The van der Waals surface area contributed by atoms with Gasteiger partial charge in [-0.3, -0.25) is 4.79 Å². The Morgan fingerprint density at radius 1 is 1.20 bits per heavy atom. The number of aliphatic hydroxyl groups excluding tert-OH is 1. The molecule has 4 nitrogen and oxygen atoms in total. The van der Waals surface area contributed by atoms with Crippen molar-refractivity contribution in [2.75, 3.05) is 7.11 Å². The van der Waals surface area contributed by atoms with Crippen LogP contribution in [0, 0.1) is 13.8 Å². The molecular formula is C21H26N2O2. The minimum Gasteiger partial charge on any atom is -0.400 e. The number of hydrogen-bond donors (Lipinski definition) is 1. The van der Waals surface area contributed by atoms with Gasteiger partial charge in [-0.05, 0) is 62.3 Å². The number of benzene rings is 1. The Hall–Kier alpha value is -2.07. The van der Waals surface area contributed by atoms with Crippen molar-refractivity contribution in [3.05, 3.63) is 58.2 Å². The van der Waals surface area contributed by atoms with Gasteiger partial charge in [0.05, 0.1) is 5.41 Å². The quantitative estimate of drug-likeness (QED) is 0.933. The third kappa shape index (κ3) is 2.99. The summed E-state index contributed by atoms with van der Waals surface area (Å²) in [6.45, 7) is 5.96. The van der Waals surface area contributed by atoms with Crippen LogP contribution in [0.3, 0.4) is 0 Å². The monoisotopic (exact) mass is 338 g/mol. The zero-order chi connectivity index (χ0) is 18.2. The van der Waals surface area contributed by atoms with Gasteiger partial charge in [-0.2, -0.15) is 0 Å². The molecule has 4 heteroatoms. The number of hydrogen-bond acceptors (Lipinski definition) is 4. The van der Waals surface area contributed by atoms with E-state index in [1.807, 2.05) is 6.20 Å². The summed E-state index contributed by atoms with van der Waals surface area (Å²) in [4.78, 5) is 22.0. The molecule has 25 heavy (non-hydrogen) atoms. The van der Waals surface area contributed by atoms with Gasteiger partial charge in [0.15, 0.2) is 0 Å². The highest BCUT2D eigenvalue weighted by Crippen LogP contribution is 2.43. The maximum Gasteiger partial charge on any atom is 0.141 e. The number of nitrogens with zero attached hydrogens (tertiary/aromatic N) is 2. The van der Waals surface area contributed by atoms with Gasteiger partial charge in [0.25, 0.3) is 0 Å². The van der Waals surface area contributed by atoms with Crippen LogP contribution in [0.1, 0.15) is 59.5 Å². The van der Waals surface area contributed by atoms with Gasteiger partial charge >= 0.3 is 0 Å². The van der Waals surface area contributed by atoms with Crippen molar-refractivity contribution < 1.29 is 9.90 Å². The molecule has 4 rings (SSSR count). The molecule has 1 saturated carbocycles. The number of ketones is 1. The van der Waals surface area contributed by atoms with Crippen molar-refractivity contribution in [1.29, 1.82) is 0 Å².